The standard InChI is InChI=1S/C16H23N5O/c1-19-12-15(16(18-19)14-2-4-17-5-3-14)13-21-8-6-20(7-9-21)10-11-22/h2-5,12,22H,6-11,13H2,1H3. The van der Waals surface area contributed by atoms with Crippen LogP contribution in [0.3, 0.4) is 0 Å². The first-order chi connectivity index (χ1) is 10.8. The van der Waals surface area contributed by atoms with Crippen LogP contribution in [0.4, 0.5) is 0 Å². The molecule has 0 unspecified atom stereocenters. The van der Waals surface area contributed by atoms with Crippen molar-refractivity contribution < 1.29 is 5.11 Å². The lowest BCUT2D eigenvalue weighted by molar-refractivity contribution is 0.108. The fraction of sp³-hybridized carbons (Fsp3) is 0.500. The predicted octanol–water partition coefficient (Wildman–Crippen LogP) is 0.592. The van der Waals surface area contributed by atoms with E-state index in [9.17, 15) is 0 Å². The highest BCUT2D eigenvalue weighted by molar-refractivity contribution is 5.61. The molecule has 0 atom stereocenters. The summed E-state index contributed by atoms with van der Waals surface area (Å²) < 4.78 is 1.88. The minimum absolute atomic E-state index is 0.245. The molecule has 6 nitrogen and oxygen atoms in total. The second-order valence-electron chi connectivity index (χ2n) is 5.75. The summed E-state index contributed by atoms with van der Waals surface area (Å²) in [5, 5.41) is 13.6. The van der Waals surface area contributed by atoms with Gasteiger partial charge >= 0.3 is 0 Å². The molecule has 3 heterocycles. The van der Waals surface area contributed by atoms with Crippen LogP contribution in [-0.2, 0) is 13.6 Å². The van der Waals surface area contributed by atoms with Gasteiger partial charge in [0.1, 0.15) is 0 Å². The first kappa shape index (κ1) is 15.1. The Morgan fingerprint density at radius 1 is 1.09 bits per heavy atom. The summed E-state index contributed by atoms with van der Waals surface area (Å²) >= 11 is 0. The van der Waals surface area contributed by atoms with Gasteiger partial charge in [-0.3, -0.25) is 19.5 Å². The van der Waals surface area contributed by atoms with Crippen molar-refractivity contribution in [3.05, 3.63) is 36.3 Å². The second-order valence-corrected chi connectivity index (χ2v) is 5.75. The largest absolute Gasteiger partial charge is 0.395 e. The van der Waals surface area contributed by atoms with E-state index in [1.54, 1.807) is 12.4 Å². The second kappa shape index (κ2) is 7.00. The Kier molecular flexibility index (Phi) is 4.82. The van der Waals surface area contributed by atoms with Crippen LogP contribution < -0.4 is 0 Å². The van der Waals surface area contributed by atoms with E-state index < -0.39 is 0 Å². The van der Waals surface area contributed by atoms with E-state index in [1.807, 2.05) is 23.9 Å². The molecular formula is C16H23N5O. The molecular weight excluding hydrogens is 278 g/mol. The van der Waals surface area contributed by atoms with E-state index in [0.29, 0.717) is 0 Å². The van der Waals surface area contributed by atoms with Crippen molar-refractivity contribution in [2.24, 2.45) is 7.05 Å². The smallest absolute Gasteiger partial charge is 0.0969 e. The number of aliphatic hydroxyl groups excluding tert-OH is 1. The van der Waals surface area contributed by atoms with Gasteiger partial charge in [-0.1, -0.05) is 0 Å². The van der Waals surface area contributed by atoms with Crippen LogP contribution in [0.25, 0.3) is 11.3 Å². The number of hydrogen-bond acceptors (Lipinski definition) is 5. The third kappa shape index (κ3) is 3.52. The lowest BCUT2D eigenvalue weighted by atomic mass is 10.1. The molecule has 6 heteroatoms. The number of aromatic nitrogens is 3. The maximum atomic E-state index is 9.01. The third-order valence-corrected chi connectivity index (χ3v) is 4.13. The average molecular weight is 301 g/mol. The molecule has 1 saturated heterocycles. The van der Waals surface area contributed by atoms with E-state index in [4.69, 9.17) is 5.11 Å². The Bertz CT molecular complexity index is 590. The molecule has 2 aromatic rings. The molecule has 0 aromatic carbocycles. The lowest BCUT2D eigenvalue weighted by Crippen LogP contribution is -2.46. The Balaban J connectivity index is 1.69. The fourth-order valence-electron chi connectivity index (χ4n) is 2.96. The Hall–Kier alpha value is -1.76. The van der Waals surface area contributed by atoms with Gasteiger partial charge in [0.05, 0.1) is 12.3 Å². The Labute approximate surface area is 131 Å². The van der Waals surface area contributed by atoms with Crippen LogP contribution in [-0.4, -0.2) is 69.0 Å². The summed E-state index contributed by atoms with van der Waals surface area (Å²) in [5.74, 6) is 0. The molecule has 0 saturated carbocycles. The summed E-state index contributed by atoms with van der Waals surface area (Å²) in [5.41, 5.74) is 3.41. The third-order valence-electron chi connectivity index (χ3n) is 4.13. The maximum Gasteiger partial charge on any atom is 0.0969 e. The van der Waals surface area contributed by atoms with Gasteiger partial charge in [-0.2, -0.15) is 5.10 Å². The molecule has 0 spiro atoms. The Morgan fingerprint density at radius 2 is 1.77 bits per heavy atom. The van der Waals surface area contributed by atoms with Crippen molar-refractivity contribution in [3.8, 4) is 11.3 Å². The van der Waals surface area contributed by atoms with Crippen molar-refractivity contribution in [3.63, 3.8) is 0 Å². The fourth-order valence-corrected chi connectivity index (χ4v) is 2.96. The van der Waals surface area contributed by atoms with Crippen LogP contribution in [0.15, 0.2) is 30.7 Å². The van der Waals surface area contributed by atoms with Crippen molar-refractivity contribution in [2.45, 2.75) is 6.54 Å². The van der Waals surface area contributed by atoms with Gasteiger partial charge < -0.3 is 5.11 Å². The van der Waals surface area contributed by atoms with E-state index in [-0.39, 0.29) is 6.61 Å². The molecule has 118 valence electrons. The van der Waals surface area contributed by atoms with Crippen LogP contribution in [0.2, 0.25) is 0 Å². The van der Waals surface area contributed by atoms with Gasteiger partial charge in [0.25, 0.3) is 0 Å². The number of rotatable bonds is 5. The van der Waals surface area contributed by atoms with Crippen LogP contribution in [0.1, 0.15) is 5.56 Å². The number of piperazine rings is 1. The van der Waals surface area contributed by atoms with Crippen molar-refractivity contribution in [1.29, 1.82) is 0 Å². The molecule has 3 rings (SSSR count). The highest BCUT2D eigenvalue weighted by Gasteiger charge is 2.19. The number of nitrogens with zero attached hydrogens (tertiary/aromatic N) is 5. The van der Waals surface area contributed by atoms with E-state index >= 15 is 0 Å². The van der Waals surface area contributed by atoms with Crippen LogP contribution in [0, 0.1) is 0 Å². The van der Waals surface area contributed by atoms with Crippen molar-refractivity contribution >= 4 is 0 Å². The molecule has 0 aliphatic carbocycles. The van der Waals surface area contributed by atoms with E-state index in [1.165, 1.54) is 5.56 Å². The summed E-state index contributed by atoms with van der Waals surface area (Å²) in [6, 6.07) is 4.01. The molecule has 0 amide bonds. The van der Waals surface area contributed by atoms with Gasteiger partial charge in [0, 0.05) is 76.0 Å². The van der Waals surface area contributed by atoms with E-state index in [0.717, 1.165) is 50.5 Å². The van der Waals surface area contributed by atoms with E-state index in [2.05, 4.69) is 26.1 Å². The van der Waals surface area contributed by atoms with Gasteiger partial charge in [-0.25, -0.2) is 0 Å². The quantitative estimate of drug-likeness (QED) is 0.876. The summed E-state index contributed by atoms with van der Waals surface area (Å²) in [7, 11) is 1.97. The van der Waals surface area contributed by atoms with Crippen LogP contribution in [0.5, 0.6) is 0 Å². The predicted molar refractivity (Wildman–Crippen MR) is 85.2 cm³/mol. The molecule has 0 bridgehead atoms. The Morgan fingerprint density at radius 3 is 2.45 bits per heavy atom. The van der Waals surface area contributed by atoms with Gasteiger partial charge in [0.15, 0.2) is 0 Å². The topological polar surface area (TPSA) is 57.4 Å². The molecule has 0 radical (unpaired) electrons. The molecule has 22 heavy (non-hydrogen) atoms. The first-order valence-electron chi connectivity index (χ1n) is 7.75. The molecule has 2 aromatic heterocycles. The molecule has 1 N–H and O–H groups in total. The number of aryl methyl sites for hydroxylation is 1. The zero-order valence-electron chi connectivity index (χ0n) is 13.0. The minimum Gasteiger partial charge on any atom is -0.395 e. The monoisotopic (exact) mass is 301 g/mol. The lowest BCUT2D eigenvalue weighted by Gasteiger charge is -2.34. The highest BCUT2D eigenvalue weighted by Crippen LogP contribution is 2.22. The zero-order valence-corrected chi connectivity index (χ0v) is 13.0. The molecule has 1 aliphatic heterocycles. The number of β-amino-alcohol motifs (C(OH)–C–C–N with tert-alkyl or cyclic N) is 1. The maximum absolute atomic E-state index is 9.01. The number of pyridine rings is 1. The van der Waals surface area contributed by atoms with Crippen molar-refractivity contribution in [1.82, 2.24) is 24.6 Å². The first-order valence-corrected chi connectivity index (χ1v) is 7.75. The number of aliphatic hydroxyl groups is 1. The minimum atomic E-state index is 0.245. The summed E-state index contributed by atoms with van der Waals surface area (Å²) in [6.07, 6.45) is 5.72. The average Bonchev–Trinajstić information content (AvgIpc) is 2.91. The summed E-state index contributed by atoms with van der Waals surface area (Å²) in [6.45, 7) is 6.04. The SMILES string of the molecule is Cn1cc(CN2CCN(CCO)CC2)c(-c2ccncc2)n1. The highest BCUT2D eigenvalue weighted by atomic mass is 16.3. The summed E-state index contributed by atoms with van der Waals surface area (Å²) in [4.78, 5) is 8.84. The zero-order chi connectivity index (χ0) is 15.4. The van der Waals surface area contributed by atoms with Gasteiger partial charge in [0.2, 0.25) is 0 Å². The van der Waals surface area contributed by atoms with Gasteiger partial charge in [-0.15, -0.1) is 0 Å². The van der Waals surface area contributed by atoms with Crippen molar-refractivity contribution in [2.75, 3.05) is 39.3 Å². The normalized spacial score (nSPS) is 17.0. The van der Waals surface area contributed by atoms with Gasteiger partial charge in [-0.05, 0) is 12.1 Å². The molecule has 1 fully saturated rings. The number of hydrogen-bond donors (Lipinski definition) is 1. The molecule has 1 aliphatic rings. The van der Waals surface area contributed by atoms with Crippen LogP contribution >= 0.6 is 0 Å².